The molecule has 0 fully saturated rings. The quantitative estimate of drug-likeness (QED) is 0.813. The Hall–Kier alpha value is -2.08. The second-order valence-corrected chi connectivity index (χ2v) is 4.65. The van der Waals surface area contributed by atoms with E-state index in [4.69, 9.17) is 9.15 Å². The standard InChI is InChI=1S/C14H19N3O3/c1-17(2)14-16-12-10(6-4-7-11(12)20-14)13(18)15-8-5-9-19-3/h4,6-7H,5,8-9H2,1-3H3,(H,15,18). The van der Waals surface area contributed by atoms with Crippen molar-refractivity contribution in [3.05, 3.63) is 23.8 Å². The van der Waals surface area contributed by atoms with E-state index in [0.29, 0.717) is 35.8 Å². The van der Waals surface area contributed by atoms with Gasteiger partial charge in [0.25, 0.3) is 11.9 Å². The van der Waals surface area contributed by atoms with Crippen LogP contribution in [0.1, 0.15) is 16.8 Å². The molecule has 1 N–H and O–H groups in total. The van der Waals surface area contributed by atoms with Gasteiger partial charge in [-0.25, -0.2) is 0 Å². The van der Waals surface area contributed by atoms with Crippen molar-refractivity contribution in [2.24, 2.45) is 0 Å². The molecule has 1 aromatic carbocycles. The summed E-state index contributed by atoms with van der Waals surface area (Å²) < 4.78 is 10.5. The van der Waals surface area contributed by atoms with Crippen LogP contribution in [-0.4, -0.2) is 45.2 Å². The number of nitrogens with zero attached hydrogens (tertiary/aromatic N) is 2. The van der Waals surface area contributed by atoms with Gasteiger partial charge in [0, 0.05) is 34.4 Å². The molecule has 0 aliphatic rings. The van der Waals surface area contributed by atoms with Crippen LogP contribution in [0, 0.1) is 0 Å². The van der Waals surface area contributed by atoms with E-state index >= 15 is 0 Å². The zero-order valence-electron chi connectivity index (χ0n) is 12.0. The Morgan fingerprint density at radius 2 is 2.25 bits per heavy atom. The molecule has 0 radical (unpaired) electrons. The minimum Gasteiger partial charge on any atom is -0.423 e. The number of hydrogen-bond acceptors (Lipinski definition) is 5. The van der Waals surface area contributed by atoms with Gasteiger partial charge < -0.3 is 19.4 Å². The lowest BCUT2D eigenvalue weighted by Gasteiger charge is -2.05. The lowest BCUT2D eigenvalue weighted by molar-refractivity contribution is 0.0950. The molecule has 6 nitrogen and oxygen atoms in total. The molecule has 0 aliphatic heterocycles. The number of oxazole rings is 1. The summed E-state index contributed by atoms with van der Waals surface area (Å²) in [5.74, 6) is -0.148. The summed E-state index contributed by atoms with van der Waals surface area (Å²) in [4.78, 5) is 18.3. The van der Waals surface area contributed by atoms with Crippen LogP contribution in [0.4, 0.5) is 6.01 Å². The number of carbonyl (C=O) groups is 1. The molecular formula is C14H19N3O3. The van der Waals surface area contributed by atoms with Crippen LogP contribution in [0.2, 0.25) is 0 Å². The molecular weight excluding hydrogens is 258 g/mol. The monoisotopic (exact) mass is 277 g/mol. The lowest BCUT2D eigenvalue weighted by Crippen LogP contribution is -2.25. The van der Waals surface area contributed by atoms with Crippen LogP contribution in [0.15, 0.2) is 22.6 Å². The number of nitrogens with one attached hydrogen (secondary N) is 1. The second-order valence-electron chi connectivity index (χ2n) is 4.65. The highest BCUT2D eigenvalue weighted by atomic mass is 16.5. The fourth-order valence-corrected chi connectivity index (χ4v) is 1.82. The number of benzene rings is 1. The van der Waals surface area contributed by atoms with Crippen LogP contribution < -0.4 is 10.2 Å². The number of ether oxygens (including phenoxy) is 1. The molecule has 2 aromatic rings. The summed E-state index contributed by atoms with van der Waals surface area (Å²) in [5.41, 5.74) is 1.72. The fourth-order valence-electron chi connectivity index (χ4n) is 1.82. The molecule has 1 aromatic heterocycles. The molecule has 1 amide bonds. The Balaban J connectivity index is 2.18. The fraction of sp³-hybridized carbons (Fsp3) is 0.429. The predicted molar refractivity (Wildman–Crippen MR) is 77.2 cm³/mol. The van der Waals surface area contributed by atoms with Crippen molar-refractivity contribution < 1.29 is 13.9 Å². The average molecular weight is 277 g/mol. The Morgan fingerprint density at radius 3 is 2.95 bits per heavy atom. The van der Waals surface area contributed by atoms with Crippen LogP contribution in [-0.2, 0) is 4.74 Å². The van der Waals surface area contributed by atoms with Gasteiger partial charge in [0.05, 0.1) is 5.56 Å². The first-order valence-corrected chi connectivity index (χ1v) is 6.47. The summed E-state index contributed by atoms with van der Waals surface area (Å²) in [5, 5.41) is 2.85. The highest BCUT2D eigenvalue weighted by molar-refractivity contribution is 6.04. The zero-order chi connectivity index (χ0) is 14.5. The Labute approximate surface area is 117 Å². The van der Waals surface area contributed by atoms with Gasteiger partial charge in [0.15, 0.2) is 5.58 Å². The summed E-state index contributed by atoms with van der Waals surface area (Å²) in [6.07, 6.45) is 0.778. The van der Waals surface area contributed by atoms with E-state index in [0.717, 1.165) is 6.42 Å². The first-order valence-electron chi connectivity index (χ1n) is 6.47. The summed E-state index contributed by atoms with van der Waals surface area (Å²) in [6, 6.07) is 5.82. The van der Waals surface area contributed by atoms with Gasteiger partial charge in [-0.1, -0.05) is 6.07 Å². The van der Waals surface area contributed by atoms with Crippen LogP contribution >= 0.6 is 0 Å². The van der Waals surface area contributed by atoms with E-state index in [2.05, 4.69) is 10.3 Å². The first-order chi connectivity index (χ1) is 9.63. The number of carbonyl (C=O) groups excluding carboxylic acids is 1. The van der Waals surface area contributed by atoms with E-state index in [1.54, 1.807) is 30.2 Å². The third-order valence-corrected chi connectivity index (χ3v) is 2.85. The van der Waals surface area contributed by atoms with Gasteiger partial charge in [-0.05, 0) is 18.6 Å². The molecule has 1 heterocycles. The number of fused-ring (bicyclic) bond motifs is 1. The smallest absolute Gasteiger partial charge is 0.297 e. The Kier molecular flexibility index (Phi) is 4.57. The molecule has 6 heteroatoms. The third kappa shape index (κ3) is 3.08. The van der Waals surface area contributed by atoms with Crippen molar-refractivity contribution >= 4 is 23.0 Å². The van der Waals surface area contributed by atoms with E-state index in [1.165, 1.54) is 0 Å². The molecule has 0 atom stereocenters. The van der Waals surface area contributed by atoms with Gasteiger partial charge in [-0.2, -0.15) is 4.98 Å². The van der Waals surface area contributed by atoms with Crippen LogP contribution in [0.25, 0.3) is 11.1 Å². The minimum atomic E-state index is -0.148. The normalized spacial score (nSPS) is 10.8. The second kappa shape index (κ2) is 6.38. The SMILES string of the molecule is COCCCNC(=O)c1cccc2oc(N(C)C)nc12. The molecule has 0 saturated heterocycles. The Bertz CT molecular complexity index is 592. The number of amides is 1. The van der Waals surface area contributed by atoms with Crippen molar-refractivity contribution in [1.29, 1.82) is 0 Å². The van der Waals surface area contributed by atoms with Crippen molar-refractivity contribution in [3.63, 3.8) is 0 Å². The van der Waals surface area contributed by atoms with Crippen molar-refractivity contribution in [3.8, 4) is 0 Å². The van der Waals surface area contributed by atoms with Crippen molar-refractivity contribution in [2.75, 3.05) is 39.3 Å². The average Bonchev–Trinajstić information content (AvgIpc) is 2.87. The lowest BCUT2D eigenvalue weighted by atomic mass is 10.2. The van der Waals surface area contributed by atoms with E-state index in [9.17, 15) is 4.79 Å². The van der Waals surface area contributed by atoms with Gasteiger partial charge >= 0.3 is 0 Å². The molecule has 108 valence electrons. The number of hydrogen-bond donors (Lipinski definition) is 1. The van der Waals surface area contributed by atoms with Crippen LogP contribution in [0.5, 0.6) is 0 Å². The number of anilines is 1. The van der Waals surface area contributed by atoms with Gasteiger partial charge in [-0.3, -0.25) is 4.79 Å². The molecule has 0 spiro atoms. The van der Waals surface area contributed by atoms with Crippen molar-refractivity contribution in [2.45, 2.75) is 6.42 Å². The minimum absolute atomic E-state index is 0.148. The highest BCUT2D eigenvalue weighted by Gasteiger charge is 2.15. The topological polar surface area (TPSA) is 67.6 Å². The highest BCUT2D eigenvalue weighted by Crippen LogP contribution is 2.23. The molecule has 0 bridgehead atoms. The zero-order valence-corrected chi connectivity index (χ0v) is 12.0. The molecule has 2 rings (SSSR count). The maximum atomic E-state index is 12.2. The van der Waals surface area contributed by atoms with E-state index in [1.807, 2.05) is 14.1 Å². The van der Waals surface area contributed by atoms with Gasteiger partial charge in [0.2, 0.25) is 0 Å². The molecule has 0 saturated carbocycles. The van der Waals surface area contributed by atoms with Gasteiger partial charge in [-0.15, -0.1) is 0 Å². The third-order valence-electron chi connectivity index (χ3n) is 2.85. The number of rotatable bonds is 6. The summed E-state index contributed by atoms with van der Waals surface area (Å²) in [6.45, 7) is 1.20. The molecule has 0 unspecified atom stereocenters. The predicted octanol–water partition coefficient (Wildman–Crippen LogP) is 1.66. The van der Waals surface area contributed by atoms with Gasteiger partial charge in [0.1, 0.15) is 5.52 Å². The maximum absolute atomic E-state index is 12.2. The number of aromatic nitrogens is 1. The number of methoxy groups -OCH3 is 1. The van der Waals surface area contributed by atoms with Crippen LogP contribution in [0.3, 0.4) is 0 Å². The van der Waals surface area contributed by atoms with E-state index in [-0.39, 0.29) is 5.91 Å². The maximum Gasteiger partial charge on any atom is 0.297 e. The molecule has 20 heavy (non-hydrogen) atoms. The first kappa shape index (κ1) is 14.3. The van der Waals surface area contributed by atoms with E-state index < -0.39 is 0 Å². The Morgan fingerprint density at radius 1 is 1.45 bits per heavy atom. The summed E-state index contributed by atoms with van der Waals surface area (Å²) >= 11 is 0. The summed E-state index contributed by atoms with van der Waals surface area (Å²) in [7, 11) is 5.32. The number of para-hydroxylation sites is 1. The molecule has 0 aliphatic carbocycles. The van der Waals surface area contributed by atoms with Crippen molar-refractivity contribution in [1.82, 2.24) is 10.3 Å². The largest absolute Gasteiger partial charge is 0.423 e.